The fourth-order valence-corrected chi connectivity index (χ4v) is 5.19. The topological polar surface area (TPSA) is 97.8 Å². The van der Waals surface area contributed by atoms with Gasteiger partial charge < -0.3 is 29.3 Å². The highest BCUT2D eigenvalue weighted by Gasteiger charge is 2.25. The number of nitrogens with zero attached hydrogens (tertiary/aromatic N) is 6. The molecule has 10 nitrogen and oxygen atoms in total. The third-order valence-electron chi connectivity index (χ3n) is 7.22. The molecule has 4 heterocycles. The fraction of sp³-hybridized carbons (Fsp3) is 0.538. The van der Waals surface area contributed by atoms with E-state index in [1.54, 1.807) is 12.4 Å². The van der Waals surface area contributed by atoms with E-state index in [0.29, 0.717) is 12.0 Å². The molecular weight excluding hydrogens is 458 g/mol. The summed E-state index contributed by atoms with van der Waals surface area (Å²) >= 11 is 0. The molecular formula is C26H33N7O3. The molecule has 0 amide bonds. The van der Waals surface area contributed by atoms with Crippen LogP contribution in [0.15, 0.2) is 36.9 Å². The average Bonchev–Trinajstić information content (AvgIpc) is 2.95. The van der Waals surface area contributed by atoms with Gasteiger partial charge in [-0.15, -0.1) is 0 Å². The molecule has 2 aromatic heterocycles. The lowest BCUT2D eigenvalue weighted by atomic mass is 9.93. The third kappa shape index (κ3) is 5.29. The Hall–Kier alpha value is -3.24. The SMILES string of the molecule is c1cnc2c(OC3CCC(Nc4ncc(N5CCOCC5)cn4)CC3)cc(N3CCOCC3)cc2n1. The van der Waals surface area contributed by atoms with Crippen LogP contribution in [-0.4, -0.2) is 84.7 Å². The lowest BCUT2D eigenvalue weighted by Gasteiger charge is -2.31. The summed E-state index contributed by atoms with van der Waals surface area (Å²) < 4.78 is 17.5. The minimum Gasteiger partial charge on any atom is -0.488 e. The second kappa shape index (κ2) is 10.8. The summed E-state index contributed by atoms with van der Waals surface area (Å²) in [7, 11) is 0. The van der Waals surface area contributed by atoms with Crippen LogP contribution in [0.2, 0.25) is 0 Å². The van der Waals surface area contributed by atoms with Crippen LogP contribution in [0.1, 0.15) is 25.7 Å². The summed E-state index contributed by atoms with van der Waals surface area (Å²) in [6.07, 6.45) is 11.4. The van der Waals surface area contributed by atoms with Gasteiger partial charge in [-0.05, 0) is 31.7 Å². The van der Waals surface area contributed by atoms with E-state index < -0.39 is 0 Å². The predicted octanol–water partition coefficient (Wildman–Crippen LogP) is 2.90. The van der Waals surface area contributed by atoms with E-state index >= 15 is 0 Å². The molecule has 1 aromatic carbocycles. The minimum atomic E-state index is 0.151. The van der Waals surface area contributed by atoms with Gasteiger partial charge in [-0.2, -0.15) is 0 Å². The van der Waals surface area contributed by atoms with Gasteiger partial charge in [0.15, 0.2) is 0 Å². The van der Waals surface area contributed by atoms with Crippen molar-refractivity contribution in [3.05, 3.63) is 36.9 Å². The van der Waals surface area contributed by atoms with Gasteiger partial charge in [-0.3, -0.25) is 4.98 Å². The summed E-state index contributed by atoms with van der Waals surface area (Å²) in [5, 5.41) is 3.52. The summed E-state index contributed by atoms with van der Waals surface area (Å²) in [6, 6.07) is 4.57. The van der Waals surface area contributed by atoms with E-state index in [1.165, 1.54) is 0 Å². The first kappa shape index (κ1) is 23.2. The molecule has 3 fully saturated rings. The Balaban J connectivity index is 1.07. The molecule has 0 radical (unpaired) electrons. The smallest absolute Gasteiger partial charge is 0.222 e. The Morgan fingerprint density at radius 1 is 0.750 bits per heavy atom. The number of morpholine rings is 2. The van der Waals surface area contributed by atoms with Crippen molar-refractivity contribution in [2.45, 2.75) is 37.8 Å². The maximum atomic E-state index is 6.55. The Labute approximate surface area is 211 Å². The van der Waals surface area contributed by atoms with Gasteiger partial charge in [0.2, 0.25) is 5.95 Å². The first-order valence-electron chi connectivity index (χ1n) is 13.0. The first-order chi connectivity index (χ1) is 17.8. The number of aromatic nitrogens is 4. The molecule has 0 spiro atoms. The van der Waals surface area contributed by atoms with Crippen molar-refractivity contribution < 1.29 is 14.2 Å². The summed E-state index contributed by atoms with van der Waals surface area (Å²) in [6.45, 7) is 6.51. The Morgan fingerprint density at radius 3 is 2.08 bits per heavy atom. The van der Waals surface area contributed by atoms with Crippen LogP contribution < -0.4 is 19.9 Å². The van der Waals surface area contributed by atoms with Crippen LogP contribution in [0.3, 0.4) is 0 Å². The molecule has 3 aliphatic rings. The number of ether oxygens (including phenoxy) is 3. The van der Waals surface area contributed by atoms with Gasteiger partial charge >= 0.3 is 0 Å². The molecule has 0 atom stereocenters. The second-order valence-electron chi connectivity index (χ2n) is 9.57. The van der Waals surface area contributed by atoms with Crippen LogP contribution in [0.5, 0.6) is 5.75 Å². The number of nitrogens with one attached hydrogen (secondary N) is 1. The van der Waals surface area contributed by atoms with E-state index in [1.807, 2.05) is 12.4 Å². The van der Waals surface area contributed by atoms with E-state index in [-0.39, 0.29) is 6.10 Å². The van der Waals surface area contributed by atoms with Gasteiger partial charge in [0.05, 0.1) is 56.1 Å². The Kier molecular flexibility index (Phi) is 6.95. The summed E-state index contributed by atoms with van der Waals surface area (Å²) in [5.74, 6) is 1.51. The highest BCUT2D eigenvalue weighted by Crippen LogP contribution is 2.33. The molecule has 1 aliphatic carbocycles. The molecule has 1 N–H and O–H groups in total. The number of fused-ring (bicyclic) bond motifs is 1. The second-order valence-corrected chi connectivity index (χ2v) is 9.57. The molecule has 190 valence electrons. The molecule has 0 unspecified atom stereocenters. The van der Waals surface area contributed by atoms with E-state index in [4.69, 9.17) is 14.2 Å². The van der Waals surface area contributed by atoms with Gasteiger partial charge in [-0.25, -0.2) is 15.0 Å². The van der Waals surface area contributed by atoms with Gasteiger partial charge in [0.25, 0.3) is 0 Å². The number of benzene rings is 1. The van der Waals surface area contributed by atoms with Gasteiger partial charge in [0, 0.05) is 56.4 Å². The molecule has 10 heteroatoms. The van der Waals surface area contributed by atoms with E-state index in [9.17, 15) is 0 Å². The van der Waals surface area contributed by atoms with Crippen molar-refractivity contribution in [3.8, 4) is 5.75 Å². The van der Waals surface area contributed by atoms with Gasteiger partial charge in [0.1, 0.15) is 11.3 Å². The van der Waals surface area contributed by atoms with Crippen molar-refractivity contribution in [2.24, 2.45) is 0 Å². The lowest BCUT2D eigenvalue weighted by molar-refractivity contribution is 0.122. The standard InChI is InChI=1S/C26H33N7O3/c1-3-22(4-2-19(1)31-26-29-17-21(18-30-26)33-9-13-35-14-10-33)36-24-16-20(32-7-11-34-12-8-32)15-23-25(24)28-6-5-27-23/h5-6,15-19,22H,1-4,7-14H2,(H,29,30,31). The summed E-state index contributed by atoms with van der Waals surface area (Å²) in [4.78, 5) is 22.8. The zero-order valence-electron chi connectivity index (χ0n) is 20.5. The quantitative estimate of drug-likeness (QED) is 0.554. The first-order valence-corrected chi connectivity index (χ1v) is 13.0. The van der Waals surface area contributed by atoms with E-state index in [0.717, 1.165) is 106 Å². The Morgan fingerprint density at radius 2 is 1.39 bits per heavy atom. The van der Waals surface area contributed by atoms with Crippen molar-refractivity contribution in [3.63, 3.8) is 0 Å². The molecule has 1 saturated carbocycles. The van der Waals surface area contributed by atoms with Crippen LogP contribution in [0, 0.1) is 0 Å². The average molecular weight is 492 g/mol. The molecule has 6 rings (SSSR count). The number of anilines is 3. The van der Waals surface area contributed by atoms with Crippen LogP contribution in [-0.2, 0) is 9.47 Å². The van der Waals surface area contributed by atoms with Crippen LogP contribution in [0.25, 0.3) is 11.0 Å². The molecule has 2 aliphatic heterocycles. The predicted molar refractivity (Wildman–Crippen MR) is 138 cm³/mol. The monoisotopic (exact) mass is 491 g/mol. The maximum Gasteiger partial charge on any atom is 0.222 e. The van der Waals surface area contributed by atoms with Crippen molar-refractivity contribution >= 4 is 28.4 Å². The molecule has 2 saturated heterocycles. The maximum absolute atomic E-state index is 6.55. The fourth-order valence-electron chi connectivity index (χ4n) is 5.19. The number of hydrogen-bond acceptors (Lipinski definition) is 10. The van der Waals surface area contributed by atoms with Crippen molar-refractivity contribution in [1.29, 1.82) is 0 Å². The third-order valence-corrected chi connectivity index (χ3v) is 7.22. The van der Waals surface area contributed by atoms with Crippen LogP contribution >= 0.6 is 0 Å². The highest BCUT2D eigenvalue weighted by atomic mass is 16.5. The van der Waals surface area contributed by atoms with Crippen molar-refractivity contribution in [1.82, 2.24) is 19.9 Å². The van der Waals surface area contributed by atoms with E-state index in [2.05, 4.69) is 47.2 Å². The lowest BCUT2D eigenvalue weighted by Crippen LogP contribution is -2.36. The number of rotatable bonds is 6. The number of hydrogen-bond donors (Lipinski definition) is 1. The van der Waals surface area contributed by atoms with Crippen LogP contribution in [0.4, 0.5) is 17.3 Å². The molecule has 36 heavy (non-hydrogen) atoms. The zero-order valence-corrected chi connectivity index (χ0v) is 20.5. The molecule has 3 aromatic rings. The Bertz CT molecular complexity index is 1140. The zero-order chi connectivity index (χ0) is 24.2. The largest absolute Gasteiger partial charge is 0.488 e. The minimum absolute atomic E-state index is 0.151. The molecule has 0 bridgehead atoms. The van der Waals surface area contributed by atoms with Crippen molar-refractivity contribution in [2.75, 3.05) is 67.7 Å². The summed E-state index contributed by atoms with van der Waals surface area (Å²) in [5.41, 5.74) is 3.86. The highest BCUT2D eigenvalue weighted by molar-refractivity contribution is 5.85. The van der Waals surface area contributed by atoms with Gasteiger partial charge in [-0.1, -0.05) is 0 Å². The normalized spacial score (nSPS) is 23.0.